The van der Waals surface area contributed by atoms with Crippen LogP contribution in [0, 0.1) is 5.92 Å². The summed E-state index contributed by atoms with van der Waals surface area (Å²) in [6.45, 7) is 5.60. The van der Waals surface area contributed by atoms with Crippen LogP contribution in [0.25, 0.3) is 0 Å². The average Bonchev–Trinajstić information content (AvgIpc) is 2.85. The molecule has 0 saturated heterocycles. The fourth-order valence-electron chi connectivity index (χ4n) is 2.72. The number of rotatable bonds is 4. The molecule has 0 amide bonds. The molecule has 0 aliphatic heterocycles. The predicted molar refractivity (Wildman–Crippen MR) is 68.7 cm³/mol. The van der Waals surface area contributed by atoms with Crippen LogP contribution in [-0.4, -0.2) is 14.8 Å². The standard InChI is InChI=1S/C12H20BrN3/c1-3-7-16-11(8-13)14-15-12(16)10-6-4-5-9(10)2/h9-10H,3-8H2,1-2H3. The second-order valence-corrected chi connectivity index (χ2v) is 5.34. The van der Waals surface area contributed by atoms with Crippen molar-refractivity contribution in [1.29, 1.82) is 0 Å². The summed E-state index contributed by atoms with van der Waals surface area (Å²) in [6, 6.07) is 0. The van der Waals surface area contributed by atoms with E-state index in [4.69, 9.17) is 0 Å². The van der Waals surface area contributed by atoms with Crippen LogP contribution in [0.5, 0.6) is 0 Å². The van der Waals surface area contributed by atoms with Crippen molar-refractivity contribution in [1.82, 2.24) is 14.8 Å². The third-order valence-electron chi connectivity index (χ3n) is 3.62. The van der Waals surface area contributed by atoms with Crippen LogP contribution < -0.4 is 0 Å². The van der Waals surface area contributed by atoms with Gasteiger partial charge in [0.15, 0.2) is 0 Å². The average molecular weight is 286 g/mol. The van der Waals surface area contributed by atoms with Crippen LogP contribution in [0.4, 0.5) is 0 Å². The lowest BCUT2D eigenvalue weighted by Crippen LogP contribution is -2.13. The second-order valence-electron chi connectivity index (χ2n) is 4.77. The number of hydrogen-bond acceptors (Lipinski definition) is 2. The van der Waals surface area contributed by atoms with Crippen molar-refractivity contribution in [3.63, 3.8) is 0 Å². The van der Waals surface area contributed by atoms with Gasteiger partial charge in [0, 0.05) is 12.5 Å². The molecule has 1 aliphatic carbocycles. The number of halogens is 1. The maximum atomic E-state index is 4.42. The van der Waals surface area contributed by atoms with Gasteiger partial charge in [-0.3, -0.25) is 0 Å². The van der Waals surface area contributed by atoms with Gasteiger partial charge in [-0.25, -0.2) is 0 Å². The van der Waals surface area contributed by atoms with Gasteiger partial charge < -0.3 is 4.57 Å². The van der Waals surface area contributed by atoms with Gasteiger partial charge in [-0.2, -0.15) is 0 Å². The van der Waals surface area contributed by atoms with Crippen LogP contribution in [0.1, 0.15) is 57.1 Å². The summed E-state index contributed by atoms with van der Waals surface area (Å²) >= 11 is 3.49. The minimum Gasteiger partial charge on any atom is -0.314 e. The summed E-state index contributed by atoms with van der Waals surface area (Å²) in [5.74, 6) is 3.70. The zero-order valence-corrected chi connectivity index (χ0v) is 11.7. The Morgan fingerprint density at radius 2 is 2.19 bits per heavy atom. The van der Waals surface area contributed by atoms with Gasteiger partial charge in [0.2, 0.25) is 0 Å². The number of aromatic nitrogens is 3. The molecular weight excluding hydrogens is 266 g/mol. The minimum atomic E-state index is 0.631. The Hall–Kier alpha value is -0.380. The Kier molecular flexibility index (Phi) is 4.00. The number of nitrogens with zero attached hydrogens (tertiary/aromatic N) is 3. The summed E-state index contributed by atoms with van der Waals surface area (Å²) in [6.07, 6.45) is 5.11. The Bertz CT molecular complexity index is 348. The van der Waals surface area contributed by atoms with Crippen molar-refractivity contribution >= 4 is 15.9 Å². The Morgan fingerprint density at radius 3 is 2.75 bits per heavy atom. The first kappa shape index (κ1) is 12.1. The molecule has 1 heterocycles. The van der Waals surface area contributed by atoms with Crippen LogP contribution in [0.3, 0.4) is 0 Å². The molecule has 1 saturated carbocycles. The van der Waals surface area contributed by atoms with Gasteiger partial charge in [0.05, 0.1) is 5.33 Å². The van der Waals surface area contributed by atoms with E-state index in [-0.39, 0.29) is 0 Å². The molecule has 0 N–H and O–H groups in total. The monoisotopic (exact) mass is 285 g/mol. The third-order valence-corrected chi connectivity index (χ3v) is 4.12. The smallest absolute Gasteiger partial charge is 0.143 e. The van der Waals surface area contributed by atoms with E-state index in [1.165, 1.54) is 25.1 Å². The maximum Gasteiger partial charge on any atom is 0.143 e. The molecule has 0 spiro atoms. The lowest BCUT2D eigenvalue weighted by atomic mass is 9.97. The largest absolute Gasteiger partial charge is 0.314 e. The molecule has 0 radical (unpaired) electrons. The normalized spacial score (nSPS) is 25.2. The van der Waals surface area contributed by atoms with Gasteiger partial charge in [-0.05, 0) is 25.2 Å². The first-order chi connectivity index (χ1) is 7.77. The molecule has 4 heteroatoms. The van der Waals surface area contributed by atoms with Crippen molar-refractivity contribution in [3.8, 4) is 0 Å². The van der Waals surface area contributed by atoms with E-state index >= 15 is 0 Å². The van der Waals surface area contributed by atoms with Crippen LogP contribution in [0.2, 0.25) is 0 Å². The molecule has 2 atom stereocenters. The van der Waals surface area contributed by atoms with Crippen molar-refractivity contribution < 1.29 is 0 Å². The van der Waals surface area contributed by atoms with E-state index in [9.17, 15) is 0 Å². The molecule has 2 unspecified atom stereocenters. The van der Waals surface area contributed by atoms with E-state index in [1.807, 2.05) is 0 Å². The van der Waals surface area contributed by atoms with E-state index < -0.39 is 0 Å². The highest BCUT2D eigenvalue weighted by molar-refractivity contribution is 9.08. The van der Waals surface area contributed by atoms with Crippen LogP contribution in [-0.2, 0) is 11.9 Å². The van der Waals surface area contributed by atoms with E-state index in [1.54, 1.807) is 0 Å². The molecule has 1 aliphatic rings. The van der Waals surface area contributed by atoms with E-state index in [2.05, 4.69) is 44.5 Å². The molecule has 1 aromatic rings. The molecule has 90 valence electrons. The Balaban J connectivity index is 2.28. The first-order valence-corrected chi connectivity index (χ1v) is 7.38. The Morgan fingerprint density at radius 1 is 1.38 bits per heavy atom. The summed E-state index contributed by atoms with van der Waals surface area (Å²) in [5.41, 5.74) is 0. The van der Waals surface area contributed by atoms with Gasteiger partial charge in [0.1, 0.15) is 11.6 Å². The molecule has 0 bridgehead atoms. The highest BCUT2D eigenvalue weighted by Gasteiger charge is 2.29. The van der Waals surface area contributed by atoms with Crippen molar-refractivity contribution in [2.75, 3.05) is 0 Å². The SMILES string of the molecule is CCCn1c(CBr)nnc1C1CCCC1C. The summed E-state index contributed by atoms with van der Waals surface area (Å²) in [4.78, 5) is 0. The van der Waals surface area contributed by atoms with Gasteiger partial charge in [0.25, 0.3) is 0 Å². The highest BCUT2D eigenvalue weighted by atomic mass is 79.9. The van der Waals surface area contributed by atoms with Crippen molar-refractivity contribution in [2.45, 2.75) is 57.3 Å². The molecule has 0 aromatic carbocycles. The lowest BCUT2D eigenvalue weighted by Gasteiger charge is -2.16. The van der Waals surface area contributed by atoms with Gasteiger partial charge >= 0.3 is 0 Å². The molecule has 1 fully saturated rings. The van der Waals surface area contributed by atoms with Crippen LogP contribution >= 0.6 is 15.9 Å². The van der Waals surface area contributed by atoms with Crippen molar-refractivity contribution in [2.24, 2.45) is 5.92 Å². The zero-order valence-electron chi connectivity index (χ0n) is 10.1. The maximum absolute atomic E-state index is 4.42. The summed E-state index contributed by atoms with van der Waals surface area (Å²) in [7, 11) is 0. The quantitative estimate of drug-likeness (QED) is 0.793. The fraction of sp³-hybridized carbons (Fsp3) is 0.833. The molecule has 1 aromatic heterocycles. The predicted octanol–water partition coefficient (Wildman–Crippen LogP) is 3.49. The van der Waals surface area contributed by atoms with Gasteiger partial charge in [-0.15, -0.1) is 10.2 Å². The molecule has 2 rings (SSSR count). The first-order valence-electron chi connectivity index (χ1n) is 6.25. The highest BCUT2D eigenvalue weighted by Crippen LogP contribution is 2.38. The molecular formula is C12H20BrN3. The van der Waals surface area contributed by atoms with E-state index in [0.717, 1.165) is 30.0 Å². The second kappa shape index (κ2) is 5.30. The zero-order chi connectivity index (χ0) is 11.5. The summed E-state index contributed by atoms with van der Waals surface area (Å²) in [5, 5.41) is 9.53. The number of hydrogen-bond donors (Lipinski definition) is 0. The van der Waals surface area contributed by atoms with Crippen LogP contribution in [0.15, 0.2) is 0 Å². The lowest BCUT2D eigenvalue weighted by molar-refractivity contribution is 0.477. The topological polar surface area (TPSA) is 30.7 Å². The molecule has 16 heavy (non-hydrogen) atoms. The number of alkyl halides is 1. The third kappa shape index (κ3) is 2.17. The Labute approximate surface area is 106 Å². The molecule has 3 nitrogen and oxygen atoms in total. The van der Waals surface area contributed by atoms with E-state index in [0.29, 0.717) is 5.92 Å². The minimum absolute atomic E-state index is 0.631. The van der Waals surface area contributed by atoms with Crippen molar-refractivity contribution in [3.05, 3.63) is 11.6 Å². The summed E-state index contributed by atoms with van der Waals surface area (Å²) < 4.78 is 2.32. The fourth-order valence-corrected chi connectivity index (χ4v) is 3.13. The van der Waals surface area contributed by atoms with Gasteiger partial charge in [-0.1, -0.05) is 36.2 Å².